The molecule has 0 spiro atoms. The van der Waals surface area contributed by atoms with E-state index in [9.17, 15) is 0 Å². The third-order valence-corrected chi connectivity index (χ3v) is 6.48. The Labute approximate surface area is 187 Å². The maximum Gasteiger partial charge on any atom is 0.108 e. The molecule has 4 unspecified atom stereocenters. The summed E-state index contributed by atoms with van der Waals surface area (Å²) in [5, 5.41) is 0. The van der Waals surface area contributed by atoms with Crippen molar-refractivity contribution in [2.45, 2.75) is 24.4 Å². The highest BCUT2D eigenvalue weighted by molar-refractivity contribution is 5.73. The molecule has 7 rings (SSSR count). The van der Waals surface area contributed by atoms with E-state index in [0.29, 0.717) is 0 Å². The second kappa shape index (κ2) is 7.30. The minimum atomic E-state index is 0.104. The van der Waals surface area contributed by atoms with Gasteiger partial charge >= 0.3 is 0 Å². The van der Waals surface area contributed by atoms with Crippen molar-refractivity contribution in [1.82, 2.24) is 0 Å². The Bertz CT molecular complexity index is 1230. The van der Waals surface area contributed by atoms with E-state index < -0.39 is 0 Å². The SMILES string of the molecule is C(#Cc1ccc(-c2ccc(C3CO3)cc2)c(C2CO2)c1C1CO1)c1ccc(C2CO2)cc1. The van der Waals surface area contributed by atoms with Gasteiger partial charge in [-0.05, 0) is 46.0 Å². The second-order valence-electron chi connectivity index (χ2n) is 8.77. The molecule has 32 heavy (non-hydrogen) atoms. The van der Waals surface area contributed by atoms with E-state index in [0.717, 1.165) is 37.6 Å². The molecule has 4 nitrogen and oxygen atoms in total. The van der Waals surface area contributed by atoms with Crippen molar-refractivity contribution in [3.05, 3.63) is 94.0 Å². The standard InChI is InChI=1S/C28H22O4/c1-4-19(23-13-29-23)5-2-17(1)3-6-21-11-12-22(18-7-9-20(10-8-18)24-14-30-24)28(26-16-32-26)27(21)25-15-31-25/h1-2,4-5,7-12,23-26H,13-16H2. The summed E-state index contributed by atoms with van der Waals surface area (Å²) in [6.07, 6.45) is 0.770. The van der Waals surface area contributed by atoms with Gasteiger partial charge < -0.3 is 18.9 Å². The number of hydrogen-bond donors (Lipinski definition) is 0. The molecule has 4 fully saturated rings. The summed E-state index contributed by atoms with van der Waals surface area (Å²) in [6.45, 7) is 3.15. The minimum Gasteiger partial charge on any atom is -0.368 e. The molecule has 3 aromatic rings. The van der Waals surface area contributed by atoms with Crippen LogP contribution in [0.5, 0.6) is 0 Å². The van der Waals surface area contributed by atoms with Gasteiger partial charge in [-0.2, -0.15) is 0 Å². The van der Waals surface area contributed by atoms with Gasteiger partial charge in [0.2, 0.25) is 0 Å². The zero-order chi connectivity index (χ0) is 21.1. The molecule has 4 saturated heterocycles. The summed E-state index contributed by atoms with van der Waals surface area (Å²) in [4.78, 5) is 0. The average Bonchev–Trinajstić information content (AvgIpc) is 3.67. The van der Waals surface area contributed by atoms with Crippen LogP contribution >= 0.6 is 0 Å². The largest absolute Gasteiger partial charge is 0.368 e. The van der Waals surface area contributed by atoms with Gasteiger partial charge in [0.1, 0.15) is 24.4 Å². The van der Waals surface area contributed by atoms with Crippen molar-refractivity contribution in [3.8, 4) is 23.0 Å². The molecule has 4 heterocycles. The van der Waals surface area contributed by atoms with E-state index in [2.05, 4.69) is 72.5 Å². The number of rotatable bonds is 5. The Kier molecular flexibility index (Phi) is 4.25. The van der Waals surface area contributed by atoms with Gasteiger partial charge in [0.25, 0.3) is 0 Å². The van der Waals surface area contributed by atoms with E-state index in [4.69, 9.17) is 18.9 Å². The highest BCUT2D eigenvalue weighted by atomic mass is 16.6. The van der Waals surface area contributed by atoms with Crippen LogP contribution in [0.25, 0.3) is 11.1 Å². The summed E-state index contributed by atoms with van der Waals surface area (Å²) in [7, 11) is 0. The van der Waals surface area contributed by atoms with Gasteiger partial charge in [0.15, 0.2) is 0 Å². The normalized spacial score (nSPS) is 26.8. The van der Waals surface area contributed by atoms with Crippen LogP contribution in [0.2, 0.25) is 0 Å². The molecular weight excluding hydrogens is 400 g/mol. The van der Waals surface area contributed by atoms with E-state index in [-0.39, 0.29) is 24.4 Å². The van der Waals surface area contributed by atoms with Crippen molar-refractivity contribution in [1.29, 1.82) is 0 Å². The lowest BCUT2D eigenvalue weighted by atomic mass is 9.88. The first-order valence-corrected chi connectivity index (χ1v) is 11.2. The minimum absolute atomic E-state index is 0.104. The van der Waals surface area contributed by atoms with Crippen molar-refractivity contribution in [3.63, 3.8) is 0 Å². The van der Waals surface area contributed by atoms with Gasteiger partial charge in [-0.25, -0.2) is 0 Å². The predicted molar refractivity (Wildman–Crippen MR) is 119 cm³/mol. The van der Waals surface area contributed by atoms with Gasteiger partial charge in [0, 0.05) is 16.7 Å². The average molecular weight is 422 g/mol. The molecule has 4 aliphatic heterocycles. The smallest absolute Gasteiger partial charge is 0.108 e. The first-order chi connectivity index (χ1) is 15.8. The van der Waals surface area contributed by atoms with E-state index >= 15 is 0 Å². The maximum atomic E-state index is 5.77. The third-order valence-electron chi connectivity index (χ3n) is 6.48. The molecule has 0 N–H and O–H groups in total. The second-order valence-corrected chi connectivity index (χ2v) is 8.77. The van der Waals surface area contributed by atoms with Crippen LogP contribution in [0.15, 0.2) is 60.7 Å². The van der Waals surface area contributed by atoms with Crippen LogP contribution in [0, 0.1) is 11.8 Å². The van der Waals surface area contributed by atoms with Crippen LogP contribution in [-0.4, -0.2) is 26.4 Å². The molecule has 0 radical (unpaired) electrons. The van der Waals surface area contributed by atoms with E-state index in [1.165, 1.54) is 33.4 Å². The van der Waals surface area contributed by atoms with Crippen LogP contribution in [0.4, 0.5) is 0 Å². The van der Waals surface area contributed by atoms with Crippen LogP contribution < -0.4 is 0 Å². The maximum absolute atomic E-state index is 5.77. The quantitative estimate of drug-likeness (QED) is 0.427. The summed E-state index contributed by atoms with van der Waals surface area (Å²) >= 11 is 0. The van der Waals surface area contributed by atoms with Gasteiger partial charge in [-0.15, -0.1) is 0 Å². The molecule has 3 aromatic carbocycles. The topological polar surface area (TPSA) is 50.1 Å². The first-order valence-electron chi connectivity index (χ1n) is 11.2. The van der Waals surface area contributed by atoms with Crippen LogP contribution in [-0.2, 0) is 18.9 Å². The molecule has 158 valence electrons. The molecule has 0 amide bonds. The molecule has 0 bridgehead atoms. The molecular formula is C28H22O4. The molecule has 0 saturated carbocycles. The van der Waals surface area contributed by atoms with E-state index in [1.807, 2.05) is 0 Å². The molecule has 4 aliphatic rings. The summed E-state index contributed by atoms with van der Waals surface area (Å²) < 4.78 is 22.3. The highest BCUT2D eigenvalue weighted by Gasteiger charge is 2.38. The highest BCUT2D eigenvalue weighted by Crippen LogP contribution is 2.46. The Balaban J connectivity index is 1.27. The molecule has 4 heteroatoms. The molecule has 0 aromatic heterocycles. The Morgan fingerprint density at radius 1 is 0.531 bits per heavy atom. The lowest BCUT2D eigenvalue weighted by molar-refractivity contribution is 0.399. The Morgan fingerprint density at radius 2 is 1.06 bits per heavy atom. The fourth-order valence-electron chi connectivity index (χ4n) is 4.40. The fourth-order valence-corrected chi connectivity index (χ4v) is 4.40. The van der Waals surface area contributed by atoms with Crippen LogP contribution in [0.3, 0.4) is 0 Å². The van der Waals surface area contributed by atoms with Crippen molar-refractivity contribution < 1.29 is 18.9 Å². The van der Waals surface area contributed by atoms with Crippen molar-refractivity contribution in [2.24, 2.45) is 0 Å². The lowest BCUT2D eigenvalue weighted by Crippen LogP contribution is -2.00. The fraction of sp³-hybridized carbons (Fsp3) is 0.286. The number of hydrogen-bond acceptors (Lipinski definition) is 4. The van der Waals surface area contributed by atoms with Gasteiger partial charge in [-0.3, -0.25) is 0 Å². The Morgan fingerprint density at radius 3 is 1.62 bits per heavy atom. The number of ether oxygens (including phenoxy) is 4. The third kappa shape index (κ3) is 3.64. The molecule has 4 atom stereocenters. The zero-order valence-corrected chi connectivity index (χ0v) is 17.5. The van der Waals surface area contributed by atoms with Gasteiger partial charge in [0.05, 0.1) is 26.4 Å². The lowest BCUT2D eigenvalue weighted by Gasteiger charge is -2.15. The number of benzene rings is 3. The molecule has 0 aliphatic carbocycles. The van der Waals surface area contributed by atoms with Crippen molar-refractivity contribution in [2.75, 3.05) is 26.4 Å². The summed E-state index contributed by atoms with van der Waals surface area (Å²) in [5.74, 6) is 6.76. The number of epoxide rings is 4. The Hall–Kier alpha value is -2.94. The van der Waals surface area contributed by atoms with Crippen LogP contribution in [0.1, 0.15) is 57.8 Å². The zero-order valence-electron chi connectivity index (χ0n) is 17.5. The monoisotopic (exact) mass is 422 g/mol. The summed E-state index contributed by atoms with van der Waals surface area (Å²) in [5.41, 5.74) is 9.32. The van der Waals surface area contributed by atoms with E-state index in [1.54, 1.807) is 0 Å². The predicted octanol–water partition coefficient (Wildman–Crippen LogP) is 5.04. The first kappa shape index (κ1) is 18.6. The van der Waals surface area contributed by atoms with Gasteiger partial charge in [-0.1, -0.05) is 54.3 Å². The summed E-state index contributed by atoms with van der Waals surface area (Å²) in [6, 6.07) is 21.4. The van der Waals surface area contributed by atoms with Crippen molar-refractivity contribution >= 4 is 0 Å².